The van der Waals surface area contributed by atoms with Crippen molar-refractivity contribution < 1.29 is 48.0 Å². The quantitative estimate of drug-likeness (QED) is 0.167. The number of benzene rings is 1. The van der Waals surface area contributed by atoms with Gasteiger partial charge in [-0.25, -0.2) is 19.2 Å². The van der Waals surface area contributed by atoms with Crippen molar-refractivity contribution in [2.45, 2.75) is 39.0 Å². The number of amides is 2. The highest BCUT2D eigenvalue weighted by Crippen LogP contribution is 2.45. The summed E-state index contributed by atoms with van der Waals surface area (Å²) < 4.78 is 25.9. The van der Waals surface area contributed by atoms with Crippen LogP contribution in [0.3, 0.4) is 0 Å². The summed E-state index contributed by atoms with van der Waals surface area (Å²) in [7, 11) is 0. The van der Waals surface area contributed by atoms with Crippen molar-refractivity contribution >= 4 is 24.1 Å². The number of aliphatic hydroxyl groups is 1. The van der Waals surface area contributed by atoms with Crippen LogP contribution in [0.25, 0.3) is 0 Å². The van der Waals surface area contributed by atoms with Gasteiger partial charge >= 0.3 is 24.1 Å². The van der Waals surface area contributed by atoms with Gasteiger partial charge in [-0.05, 0) is 39.8 Å². The second-order valence-electron chi connectivity index (χ2n) is 8.97. The standard InChI is InChI=1S/C26H34N2O10/c1-17(2)21(29)35-13-11-27-23(31)37-16-15-34-20-9-7-19(8-10-20)26(33)25(5,6)38-24(32)28(26)12-14-36-22(30)18(3)4/h7-10,33H,1,3,11-16H2,2,4-6H3,(H,27,31). The molecule has 208 valence electrons. The Morgan fingerprint density at radius 1 is 0.947 bits per heavy atom. The third-order valence-electron chi connectivity index (χ3n) is 5.48. The van der Waals surface area contributed by atoms with Crippen LogP contribution in [0.4, 0.5) is 9.59 Å². The van der Waals surface area contributed by atoms with Crippen molar-refractivity contribution in [3.63, 3.8) is 0 Å². The summed E-state index contributed by atoms with van der Waals surface area (Å²) in [5, 5.41) is 14.0. The molecule has 1 aliphatic heterocycles. The molecule has 1 aliphatic rings. The molecule has 1 aromatic rings. The molecular formula is C26H34N2O10. The summed E-state index contributed by atoms with van der Waals surface area (Å²) in [5.74, 6) is -0.718. The first kappa shape index (κ1) is 30.2. The van der Waals surface area contributed by atoms with E-state index in [1.807, 2.05) is 0 Å². The van der Waals surface area contributed by atoms with E-state index in [2.05, 4.69) is 18.5 Å². The highest BCUT2D eigenvalue weighted by molar-refractivity contribution is 5.87. The molecule has 2 amide bonds. The molecule has 2 rings (SSSR count). The maximum Gasteiger partial charge on any atom is 0.413 e. The van der Waals surface area contributed by atoms with Crippen LogP contribution in [0.1, 0.15) is 33.3 Å². The third kappa shape index (κ3) is 7.48. The molecule has 1 fully saturated rings. The lowest BCUT2D eigenvalue weighted by Gasteiger charge is -2.38. The largest absolute Gasteiger partial charge is 0.490 e. The van der Waals surface area contributed by atoms with Crippen LogP contribution in [0.5, 0.6) is 5.75 Å². The number of carbonyl (C=O) groups excluding carboxylic acids is 4. The minimum Gasteiger partial charge on any atom is -0.490 e. The van der Waals surface area contributed by atoms with Crippen molar-refractivity contribution in [2.75, 3.05) is 39.5 Å². The van der Waals surface area contributed by atoms with Gasteiger partial charge in [-0.15, -0.1) is 0 Å². The molecule has 1 unspecified atom stereocenters. The number of nitrogens with one attached hydrogen (secondary N) is 1. The normalized spacial score (nSPS) is 17.7. The molecule has 12 heteroatoms. The molecule has 0 saturated carbocycles. The molecule has 1 aromatic carbocycles. The molecular weight excluding hydrogens is 500 g/mol. The fourth-order valence-electron chi connectivity index (χ4n) is 3.46. The summed E-state index contributed by atoms with van der Waals surface area (Å²) in [6.45, 7) is 12.9. The molecule has 0 aliphatic carbocycles. The Balaban J connectivity index is 1.87. The van der Waals surface area contributed by atoms with E-state index in [0.717, 1.165) is 4.90 Å². The van der Waals surface area contributed by atoms with Gasteiger partial charge in [-0.2, -0.15) is 0 Å². The van der Waals surface area contributed by atoms with Crippen LogP contribution in [-0.2, 0) is 34.3 Å². The van der Waals surface area contributed by atoms with Crippen molar-refractivity contribution in [1.82, 2.24) is 10.2 Å². The Morgan fingerprint density at radius 2 is 1.53 bits per heavy atom. The SMILES string of the molecule is C=C(C)C(=O)OCCNC(=O)OCCOc1ccc(C2(O)N(CCOC(=O)C(=C)C)C(=O)OC2(C)C)cc1. The summed E-state index contributed by atoms with van der Waals surface area (Å²) >= 11 is 0. The zero-order valence-electron chi connectivity index (χ0n) is 22.0. The Bertz CT molecular complexity index is 1070. The molecule has 38 heavy (non-hydrogen) atoms. The fraction of sp³-hybridized carbons (Fsp3) is 0.462. The molecule has 1 saturated heterocycles. The minimum absolute atomic E-state index is 0.0134. The van der Waals surface area contributed by atoms with E-state index in [9.17, 15) is 24.3 Å². The molecule has 0 bridgehead atoms. The number of carbonyl (C=O) groups is 4. The minimum atomic E-state index is -1.85. The number of hydrogen-bond acceptors (Lipinski definition) is 10. The number of alkyl carbamates (subject to hydrolysis) is 1. The van der Waals surface area contributed by atoms with Gasteiger partial charge in [0.05, 0.1) is 13.1 Å². The first-order valence-electron chi connectivity index (χ1n) is 11.8. The average Bonchev–Trinajstić information content (AvgIpc) is 3.03. The van der Waals surface area contributed by atoms with E-state index < -0.39 is 35.5 Å². The van der Waals surface area contributed by atoms with E-state index in [1.165, 1.54) is 13.8 Å². The summed E-state index contributed by atoms with van der Waals surface area (Å²) in [6.07, 6.45) is -1.45. The Labute approximate surface area is 221 Å². The van der Waals surface area contributed by atoms with E-state index in [-0.39, 0.29) is 50.7 Å². The Hall–Kier alpha value is -4.06. The maximum atomic E-state index is 12.5. The molecule has 0 radical (unpaired) electrons. The van der Waals surface area contributed by atoms with Crippen LogP contribution in [-0.4, -0.2) is 79.2 Å². The lowest BCUT2D eigenvalue weighted by atomic mass is 9.87. The van der Waals surface area contributed by atoms with Gasteiger partial charge < -0.3 is 34.1 Å². The van der Waals surface area contributed by atoms with Crippen LogP contribution in [0.2, 0.25) is 0 Å². The molecule has 1 heterocycles. The zero-order valence-corrected chi connectivity index (χ0v) is 22.0. The summed E-state index contributed by atoms with van der Waals surface area (Å²) in [6, 6.07) is 6.32. The molecule has 1 atom stereocenters. The van der Waals surface area contributed by atoms with Crippen LogP contribution >= 0.6 is 0 Å². The Kier molecular flexibility index (Phi) is 10.3. The second kappa shape index (κ2) is 13.0. The molecule has 12 nitrogen and oxygen atoms in total. The maximum absolute atomic E-state index is 12.5. The van der Waals surface area contributed by atoms with Crippen LogP contribution < -0.4 is 10.1 Å². The predicted octanol–water partition coefficient (Wildman–Crippen LogP) is 2.41. The molecule has 0 spiro atoms. The van der Waals surface area contributed by atoms with Gasteiger partial charge in [0.15, 0.2) is 5.60 Å². The van der Waals surface area contributed by atoms with E-state index in [4.69, 9.17) is 23.7 Å². The lowest BCUT2D eigenvalue weighted by molar-refractivity contribution is -0.156. The van der Waals surface area contributed by atoms with Crippen molar-refractivity contribution in [3.8, 4) is 5.75 Å². The van der Waals surface area contributed by atoms with Crippen LogP contribution in [0, 0.1) is 0 Å². The first-order chi connectivity index (χ1) is 17.8. The molecule has 2 N–H and O–H groups in total. The fourth-order valence-corrected chi connectivity index (χ4v) is 3.46. The van der Waals surface area contributed by atoms with Gasteiger partial charge in [-0.3, -0.25) is 4.90 Å². The summed E-state index contributed by atoms with van der Waals surface area (Å²) in [4.78, 5) is 48.2. The number of nitrogens with zero attached hydrogens (tertiary/aromatic N) is 1. The van der Waals surface area contributed by atoms with Crippen molar-refractivity contribution in [1.29, 1.82) is 0 Å². The number of esters is 2. The van der Waals surface area contributed by atoms with Gasteiger partial charge in [0.1, 0.15) is 32.2 Å². The first-order valence-corrected chi connectivity index (χ1v) is 11.8. The summed E-state index contributed by atoms with van der Waals surface area (Å²) in [5.41, 5.74) is -2.32. The number of cyclic esters (lactones) is 1. The van der Waals surface area contributed by atoms with Crippen molar-refractivity contribution in [3.05, 3.63) is 54.1 Å². The topological polar surface area (TPSA) is 150 Å². The van der Waals surface area contributed by atoms with Crippen LogP contribution in [0.15, 0.2) is 48.6 Å². The highest BCUT2D eigenvalue weighted by Gasteiger charge is 2.60. The van der Waals surface area contributed by atoms with Crippen molar-refractivity contribution in [2.24, 2.45) is 0 Å². The van der Waals surface area contributed by atoms with E-state index >= 15 is 0 Å². The number of rotatable bonds is 13. The average molecular weight is 535 g/mol. The van der Waals surface area contributed by atoms with Gasteiger partial charge in [-0.1, -0.05) is 25.3 Å². The van der Waals surface area contributed by atoms with E-state index in [1.54, 1.807) is 38.1 Å². The lowest BCUT2D eigenvalue weighted by Crippen LogP contribution is -2.54. The third-order valence-corrected chi connectivity index (χ3v) is 5.48. The number of ether oxygens (including phenoxy) is 5. The highest BCUT2D eigenvalue weighted by atomic mass is 16.6. The zero-order chi connectivity index (χ0) is 28.5. The monoisotopic (exact) mass is 534 g/mol. The number of hydrogen-bond donors (Lipinski definition) is 2. The molecule has 0 aromatic heterocycles. The Morgan fingerprint density at radius 3 is 2.11 bits per heavy atom. The smallest absolute Gasteiger partial charge is 0.413 e. The second-order valence-corrected chi connectivity index (χ2v) is 8.97. The van der Waals surface area contributed by atoms with E-state index in [0.29, 0.717) is 11.3 Å². The van der Waals surface area contributed by atoms with Gasteiger partial charge in [0, 0.05) is 16.7 Å². The van der Waals surface area contributed by atoms with Gasteiger partial charge in [0.25, 0.3) is 0 Å². The van der Waals surface area contributed by atoms with Gasteiger partial charge in [0.2, 0.25) is 5.72 Å². The predicted molar refractivity (Wildman–Crippen MR) is 134 cm³/mol.